The second-order valence-electron chi connectivity index (χ2n) is 10.3. The highest BCUT2D eigenvalue weighted by Crippen LogP contribution is 2.53. The van der Waals surface area contributed by atoms with Gasteiger partial charge in [-0.25, -0.2) is 12.7 Å². The van der Waals surface area contributed by atoms with Crippen molar-refractivity contribution in [3.63, 3.8) is 0 Å². The van der Waals surface area contributed by atoms with Crippen LogP contribution in [0.5, 0.6) is 17.2 Å². The lowest BCUT2D eigenvalue weighted by molar-refractivity contribution is -0.127. The van der Waals surface area contributed by atoms with Crippen molar-refractivity contribution in [3.8, 4) is 17.2 Å². The molecule has 2 aliphatic heterocycles. The van der Waals surface area contributed by atoms with Gasteiger partial charge < -0.3 is 19.1 Å². The lowest BCUT2D eigenvalue weighted by atomic mass is 9.81. The van der Waals surface area contributed by atoms with Crippen molar-refractivity contribution in [2.45, 2.75) is 10.4 Å². The number of piperazine rings is 1. The topological polar surface area (TPSA) is 102 Å². The summed E-state index contributed by atoms with van der Waals surface area (Å²) in [6.45, 7) is 2.06. The first-order chi connectivity index (χ1) is 21.3. The van der Waals surface area contributed by atoms with E-state index in [0.717, 1.165) is 9.99 Å². The maximum absolute atomic E-state index is 15.2. The molecule has 0 N–H and O–H groups in total. The maximum atomic E-state index is 15.2. The van der Waals surface area contributed by atoms with Crippen LogP contribution in [0.25, 0.3) is 0 Å². The fourth-order valence-electron chi connectivity index (χ4n) is 6.21. The first kappa shape index (κ1) is 29.7. The van der Waals surface area contributed by atoms with Crippen LogP contribution < -0.4 is 23.4 Å². The van der Waals surface area contributed by atoms with Gasteiger partial charge in [0.25, 0.3) is 15.9 Å². The largest absolute Gasteiger partial charge is 0.497 e. The molecule has 6 rings (SSSR count). The number of methoxy groups -OCH3 is 3. The summed E-state index contributed by atoms with van der Waals surface area (Å²) in [5.41, 5.74) is 0.632. The zero-order valence-electron chi connectivity index (χ0n) is 24.4. The van der Waals surface area contributed by atoms with E-state index in [-0.39, 0.29) is 16.3 Å². The van der Waals surface area contributed by atoms with Crippen LogP contribution in [-0.2, 0) is 20.4 Å². The molecule has 1 atom stereocenters. The number of fused-ring (bicyclic) bond motifs is 1. The predicted molar refractivity (Wildman–Crippen MR) is 167 cm³/mol. The Morgan fingerprint density at radius 2 is 1.50 bits per heavy atom. The molecule has 1 amide bonds. The van der Waals surface area contributed by atoms with Crippen LogP contribution >= 0.6 is 11.6 Å². The van der Waals surface area contributed by atoms with E-state index in [1.807, 2.05) is 29.2 Å². The van der Waals surface area contributed by atoms with E-state index in [0.29, 0.717) is 53.8 Å². The number of hydrogen-bond acceptors (Lipinski definition) is 9. The van der Waals surface area contributed by atoms with E-state index in [2.05, 4.69) is 9.88 Å². The van der Waals surface area contributed by atoms with Gasteiger partial charge >= 0.3 is 0 Å². The van der Waals surface area contributed by atoms with Crippen LogP contribution in [0.3, 0.4) is 0 Å². The molecule has 2 aliphatic rings. The number of aromatic nitrogens is 1. The van der Waals surface area contributed by atoms with Crippen molar-refractivity contribution in [3.05, 3.63) is 101 Å². The molecule has 12 heteroatoms. The monoisotopic (exact) mass is 634 g/mol. The number of amides is 1. The van der Waals surface area contributed by atoms with Gasteiger partial charge in [-0.05, 0) is 48.5 Å². The summed E-state index contributed by atoms with van der Waals surface area (Å²) < 4.78 is 46.5. The molecule has 1 fully saturated rings. The number of sulfonamides is 1. The van der Waals surface area contributed by atoms with Gasteiger partial charge in [-0.15, -0.1) is 0 Å². The zero-order valence-corrected chi connectivity index (χ0v) is 26.0. The van der Waals surface area contributed by atoms with Gasteiger partial charge in [0.05, 0.1) is 27.0 Å². The summed E-state index contributed by atoms with van der Waals surface area (Å²) in [7, 11) is -0.122. The van der Waals surface area contributed by atoms with Gasteiger partial charge in [-0.2, -0.15) is 0 Å². The fourth-order valence-corrected chi connectivity index (χ4v) is 7.98. The minimum atomic E-state index is -4.50. The maximum Gasteiger partial charge on any atom is 0.274 e. The van der Waals surface area contributed by atoms with E-state index in [1.54, 1.807) is 42.7 Å². The molecule has 3 aromatic carbocycles. The molecule has 0 radical (unpaired) electrons. The summed E-state index contributed by atoms with van der Waals surface area (Å²) in [5.74, 6) is 0.253. The summed E-state index contributed by atoms with van der Waals surface area (Å²) in [6, 6.07) is 20.3. The molecule has 0 aliphatic carbocycles. The normalized spacial score (nSPS) is 18.7. The Bertz CT molecular complexity index is 1810. The second kappa shape index (κ2) is 11.6. The molecule has 1 saturated heterocycles. The van der Waals surface area contributed by atoms with Crippen LogP contribution in [0.2, 0.25) is 5.02 Å². The highest BCUT2D eigenvalue weighted by atomic mass is 35.5. The van der Waals surface area contributed by atoms with Crippen LogP contribution in [0, 0.1) is 0 Å². The molecule has 4 aromatic rings. The Hall–Kier alpha value is -4.32. The molecule has 0 bridgehead atoms. The molecule has 1 unspecified atom stereocenters. The minimum Gasteiger partial charge on any atom is -0.497 e. The van der Waals surface area contributed by atoms with Gasteiger partial charge in [0, 0.05) is 66.5 Å². The van der Waals surface area contributed by atoms with Gasteiger partial charge in [0.2, 0.25) is 0 Å². The third-order valence-corrected chi connectivity index (χ3v) is 10.2. The molecule has 10 nitrogen and oxygen atoms in total. The minimum absolute atomic E-state index is 0.0495. The predicted octanol–water partition coefficient (Wildman–Crippen LogP) is 4.56. The van der Waals surface area contributed by atoms with Gasteiger partial charge in [0.15, 0.2) is 5.54 Å². The SMILES string of the molecule is COc1ccc(S(=O)(=O)N2C(=O)C(c3ccccc3OC)(N3CCN(c4ccncc4)CC3)c3cc(Cl)ccc32)c(OC)c1. The lowest BCUT2D eigenvalue weighted by Gasteiger charge is -2.46. The number of rotatable bonds is 8. The number of halogens is 1. The van der Waals surface area contributed by atoms with Crippen molar-refractivity contribution in [2.75, 3.05) is 56.7 Å². The van der Waals surface area contributed by atoms with Gasteiger partial charge in [0.1, 0.15) is 22.1 Å². The Balaban J connectivity index is 1.55. The summed E-state index contributed by atoms with van der Waals surface area (Å²) >= 11 is 6.58. The van der Waals surface area contributed by atoms with E-state index in [9.17, 15) is 8.42 Å². The molecule has 0 spiro atoms. The first-order valence-electron chi connectivity index (χ1n) is 13.9. The van der Waals surface area contributed by atoms with E-state index >= 15 is 4.79 Å². The highest BCUT2D eigenvalue weighted by molar-refractivity contribution is 7.93. The van der Waals surface area contributed by atoms with E-state index in [1.165, 1.54) is 39.5 Å². The number of anilines is 2. The number of para-hydroxylation sites is 1. The number of pyridine rings is 1. The number of benzene rings is 3. The Kier molecular flexibility index (Phi) is 7.87. The number of ether oxygens (including phenoxy) is 3. The Morgan fingerprint density at radius 3 is 2.18 bits per heavy atom. The van der Waals surface area contributed by atoms with Crippen molar-refractivity contribution in [2.24, 2.45) is 0 Å². The Labute approximate surface area is 261 Å². The fraction of sp³-hybridized carbons (Fsp3) is 0.250. The zero-order chi connectivity index (χ0) is 31.1. The molecule has 44 heavy (non-hydrogen) atoms. The van der Waals surface area contributed by atoms with E-state index in [4.69, 9.17) is 25.8 Å². The number of hydrogen-bond donors (Lipinski definition) is 0. The lowest BCUT2D eigenvalue weighted by Crippen LogP contribution is -2.60. The molecular formula is C32H31ClN4O6S. The molecule has 3 heterocycles. The first-order valence-corrected chi connectivity index (χ1v) is 15.7. The molecule has 1 aromatic heterocycles. The quantitative estimate of drug-likeness (QED) is 0.276. The molecule has 228 valence electrons. The number of nitrogens with zero attached hydrogens (tertiary/aromatic N) is 4. The second-order valence-corrected chi connectivity index (χ2v) is 12.5. The summed E-state index contributed by atoms with van der Waals surface area (Å²) in [6.07, 6.45) is 3.49. The van der Waals surface area contributed by atoms with Crippen LogP contribution in [0.4, 0.5) is 11.4 Å². The third-order valence-electron chi connectivity index (χ3n) is 8.23. The van der Waals surface area contributed by atoms with Crippen LogP contribution in [0.1, 0.15) is 11.1 Å². The van der Waals surface area contributed by atoms with Crippen molar-refractivity contribution in [1.29, 1.82) is 0 Å². The van der Waals surface area contributed by atoms with E-state index < -0.39 is 21.5 Å². The van der Waals surface area contributed by atoms with Gasteiger partial charge in [-0.1, -0.05) is 29.8 Å². The number of carbonyl (C=O) groups is 1. The summed E-state index contributed by atoms with van der Waals surface area (Å²) in [4.78, 5) is 23.4. The van der Waals surface area contributed by atoms with Gasteiger partial charge in [-0.3, -0.25) is 14.7 Å². The average molecular weight is 635 g/mol. The molecule has 0 saturated carbocycles. The standard InChI is InChI=1S/C32H31ClN4O6S/c1-41-24-9-11-30(29(21-24)43-3)44(39,40)37-27-10-8-22(33)20-26(27)32(31(37)38,25-6-4-5-7-28(25)42-2)36-18-16-35(17-19-36)23-12-14-34-15-13-23/h4-15,20-21H,16-19H2,1-3H3. The van der Waals surface area contributed by atoms with Crippen molar-refractivity contribution in [1.82, 2.24) is 9.88 Å². The smallest absolute Gasteiger partial charge is 0.274 e. The number of carbonyl (C=O) groups excluding carboxylic acids is 1. The third kappa shape index (κ3) is 4.63. The highest BCUT2D eigenvalue weighted by Gasteiger charge is 2.60. The average Bonchev–Trinajstić information content (AvgIpc) is 3.32. The summed E-state index contributed by atoms with van der Waals surface area (Å²) in [5, 5.41) is 0.368. The van der Waals surface area contributed by atoms with Crippen LogP contribution in [-0.4, -0.2) is 71.7 Å². The van der Waals surface area contributed by atoms with Crippen LogP contribution in [0.15, 0.2) is 90.1 Å². The molecular weight excluding hydrogens is 604 g/mol. The Morgan fingerprint density at radius 1 is 0.795 bits per heavy atom. The van der Waals surface area contributed by atoms with Crippen molar-refractivity contribution < 1.29 is 27.4 Å². The van der Waals surface area contributed by atoms with Crippen molar-refractivity contribution >= 4 is 38.9 Å².